The van der Waals surface area contributed by atoms with Gasteiger partial charge in [-0.15, -0.1) is 0 Å². The predicted molar refractivity (Wildman–Crippen MR) is 125 cm³/mol. The predicted octanol–water partition coefficient (Wildman–Crippen LogP) is 3.62. The second-order valence-corrected chi connectivity index (χ2v) is 8.12. The normalized spacial score (nSPS) is 14.6. The fourth-order valence-electron chi connectivity index (χ4n) is 3.88. The summed E-state index contributed by atoms with van der Waals surface area (Å²) >= 11 is 0. The number of methoxy groups -OCH3 is 1. The summed E-state index contributed by atoms with van der Waals surface area (Å²) < 4.78 is 16.2. The first-order chi connectivity index (χ1) is 16.1. The largest absolute Gasteiger partial charge is 0.497 e. The Kier molecular flexibility index (Phi) is 7.42. The van der Waals surface area contributed by atoms with Gasteiger partial charge in [0.25, 0.3) is 5.91 Å². The van der Waals surface area contributed by atoms with Gasteiger partial charge in [0, 0.05) is 31.7 Å². The minimum absolute atomic E-state index is 0.0135. The lowest BCUT2D eigenvalue weighted by Crippen LogP contribution is -2.44. The number of amides is 1. The molecule has 4 rings (SSSR count). The Morgan fingerprint density at radius 2 is 1.82 bits per heavy atom. The van der Waals surface area contributed by atoms with Crippen LogP contribution in [0.2, 0.25) is 0 Å². The van der Waals surface area contributed by atoms with Gasteiger partial charge in [-0.05, 0) is 36.1 Å². The lowest BCUT2D eigenvalue weighted by Gasteiger charge is -2.32. The first-order valence-electron chi connectivity index (χ1n) is 11.1. The Morgan fingerprint density at radius 1 is 1.06 bits per heavy atom. The van der Waals surface area contributed by atoms with Crippen LogP contribution < -0.4 is 20.2 Å². The summed E-state index contributed by atoms with van der Waals surface area (Å²) in [6, 6.07) is 19.0. The minimum atomic E-state index is -0.396. The summed E-state index contributed by atoms with van der Waals surface area (Å²) in [4.78, 5) is 27.4. The number of carbonyl (C=O) groups is 1. The van der Waals surface area contributed by atoms with Crippen molar-refractivity contribution in [2.45, 2.75) is 32.0 Å². The zero-order chi connectivity index (χ0) is 23.0. The molecule has 0 atom stereocenters. The molecule has 1 aliphatic heterocycles. The van der Waals surface area contributed by atoms with Gasteiger partial charge in [-0.3, -0.25) is 14.5 Å². The topological polar surface area (TPSA) is 81.0 Å². The molecule has 0 spiro atoms. The van der Waals surface area contributed by atoms with E-state index in [1.54, 1.807) is 7.11 Å². The Bertz CT molecular complexity index is 1120. The van der Waals surface area contributed by atoms with E-state index in [0.29, 0.717) is 5.75 Å². The maximum Gasteiger partial charge on any atom is 0.287 e. The highest BCUT2D eigenvalue weighted by Crippen LogP contribution is 2.16. The molecule has 172 valence electrons. The molecule has 1 aromatic heterocycles. The van der Waals surface area contributed by atoms with Crippen molar-refractivity contribution < 1.29 is 18.7 Å². The van der Waals surface area contributed by atoms with Gasteiger partial charge in [0.1, 0.15) is 18.6 Å². The smallest absolute Gasteiger partial charge is 0.287 e. The fourth-order valence-corrected chi connectivity index (χ4v) is 3.88. The van der Waals surface area contributed by atoms with E-state index in [0.717, 1.165) is 38.0 Å². The average Bonchev–Trinajstić information content (AvgIpc) is 2.85. The van der Waals surface area contributed by atoms with Gasteiger partial charge < -0.3 is 19.2 Å². The minimum Gasteiger partial charge on any atom is -0.497 e. The van der Waals surface area contributed by atoms with Crippen molar-refractivity contribution in [3.63, 3.8) is 0 Å². The maximum atomic E-state index is 12.6. The van der Waals surface area contributed by atoms with Crippen molar-refractivity contribution in [2.75, 3.05) is 20.2 Å². The van der Waals surface area contributed by atoms with Gasteiger partial charge in [0.2, 0.25) is 11.2 Å². The van der Waals surface area contributed by atoms with Crippen LogP contribution in [0.5, 0.6) is 11.5 Å². The van der Waals surface area contributed by atoms with E-state index in [2.05, 4.69) is 22.3 Å². The number of ether oxygens (including phenoxy) is 2. The summed E-state index contributed by atoms with van der Waals surface area (Å²) in [6.45, 7) is 2.91. The number of piperidine rings is 1. The average molecular weight is 449 g/mol. The van der Waals surface area contributed by atoms with E-state index >= 15 is 0 Å². The third-order valence-corrected chi connectivity index (χ3v) is 5.72. The number of nitrogens with one attached hydrogen (secondary N) is 1. The molecule has 3 aromatic rings. The molecule has 33 heavy (non-hydrogen) atoms. The van der Waals surface area contributed by atoms with Crippen LogP contribution in [0.25, 0.3) is 0 Å². The molecule has 2 heterocycles. The maximum absolute atomic E-state index is 12.6. The van der Waals surface area contributed by atoms with Crippen LogP contribution in [0.3, 0.4) is 0 Å². The molecule has 1 saturated heterocycles. The van der Waals surface area contributed by atoms with Crippen LogP contribution in [0.4, 0.5) is 0 Å². The van der Waals surface area contributed by atoms with Crippen molar-refractivity contribution in [1.82, 2.24) is 10.2 Å². The van der Waals surface area contributed by atoms with Crippen molar-refractivity contribution >= 4 is 5.91 Å². The summed E-state index contributed by atoms with van der Waals surface area (Å²) in [5.74, 6) is 0.373. The molecule has 1 fully saturated rings. The van der Waals surface area contributed by atoms with E-state index in [-0.39, 0.29) is 30.1 Å². The van der Waals surface area contributed by atoms with Gasteiger partial charge >= 0.3 is 0 Å². The Balaban J connectivity index is 1.27. The zero-order valence-electron chi connectivity index (χ0n) is 18.7. The third kappa shape index (κ3) is 6.23. The van der Waals surface area contributed by atoms with Crippen LogP contribution in [0, 0.1) is 0 Å². The first kappa shape index (κ1) is 22.6. The van der Waals surface area contributed by atoms with Crippen molar-refractivity contribution in [1.29, 1.82) is 0 Å². The summed E-state index contributed by atoms with van der Waals surface area (Å²) in [5, 5.41) is 2.98. The first-order valence-corrected chi connectivity index (χ1v) is 11.1. The van der Waals surface area contributed by atoms with Gasteiger partial charge in [0.15, 0.2) is 5.76 Å². The number of carbonyl (C=O) groups excluding carboxylic acids is 1. The van der Waals surface area contributed by atoms with Gasteiger partial charge in [-0.25, -0.2) is 0 Å². The molecule has 0 radical (unpaired) electrons. The molecule has 0 unspecified atom stereocenters. The zero-order valence-corrected chi connectivity index (χ0v) is 18.7. The fraction of sp³-hybridized carbons (Fsp3) is 0.308. The van der Waals surface area contributed by atoms with Gasteiger partial charge in [-0.1, -0.05) is 42.5 Å². The lowest BCUT2D eigenvalue weighted by atomic mass is 10.0. The number of likely N-dealkylation sites (tertiary alicyclic amines) is 1. The third-order valence-electron chi connectivity index (χ3n) is 5.72. The highest BCUT2D eigenvalue weighted by Gasteiger charge is 2.22. The molecule has 0 saturated carbocycles. The number of nitrogens with zero attached hydrogens (tertiary/aromatic N) is 1. The monoisotopic (exact) mass is 448 g/mol. The second kappa shape index (κ2) is 10.8. The molecule has 7 nitrogen and oxygen atoms in total. The summed E-state index contributed by atoms with van der Waals surface area (Å²) in [6.07, 6.45) is 2.90. The number of benzene rings is 2. The van der Waals surface area contributed by atoms with Gasteiger partial charge in [0.05, 0.1) is 7.11 Å². The molecular formula is C26H28N2O5. The van der Waals surface area contributed by atoms with Crippen LogP contribution in [0.1, 0.15) is 34.5 Å². The highest BCUT2D eigenvalue weighted by molar-refractivity contribution is 5.91. The lowest BCUT2D eigenvalue weighted by molar-refractivity contribution is 0.0877. The Morgan fingerprint density at radius 3 is 2.55 bits per heavy atom. The quantitative estimate of drug-likeness (QED) is 0.567. The van der Waals surface area contributed by atoms with Crippen LogP contribution in [-0.2, 0) is 13.2 Å². The van der Waals surface area contributed by atoms with Crippen molar-refractivity contribution in [2.24, 2.45) is 0 Å². The van der Waals surface area contributed by atoms with Crippen molar-refractivity contribution in [3.05, 3.63) is 94.0 Å². The van der Waals surface area contributed by atoms with E-state index < -0.39 is 5.43 Å². The molecule has 2 aromatic carbocycles. The highest BCUT2D eigenvalue weighted by atomic mass is 16.5. The Hall–Kier alpha value is -3.58. The summed E-state index contributed by atoms with van der Waals surface area (Å²) in [5.41, 5.74) is 1.75. The molecule has 1 aliphatic rings. The van der Waals surface area contributed by atoms with E-state index in [1.807, 2.05) is 42.5 Å². The Labute approximate surface area is 192 Å². The van der Waals surface area contributed by atoms with E-state index in [1.165, 1.54) is 17.9 Å². The van der Waals surface area contributed by atoms with E-state index in [9.17, 15) is 9.59 Å². The molecular weight excluding hydrogens is 420 g/mol. The second-order valence-electron chi connectivity index (χ2n) is 8.12. The van der Waals surface area contributed by atoms with Crippen LogP contribution in [0.15, 0.2) is 76.1 Å². The molecule has 0 aliphatic carbocycles. The van der Waals surface area contributed by atoms with E-state index in [4.69, 9.17) is 13.9 Å². The van der Waals surface area contributed by atoms with Crippen LogP contribution in [-0.4, -0.2) is 37.0 Å². The molecule has 0 bridgehead atoms. The van der Waals surface area contributed by atoms with Crippen LogP contribution >= 0.6 is 0 Å². The molecule has 1 N–H and O–H groups in total. The summed E-state index contributed by atoms with van der Waals surface area (Å²) in [7, 11) is 1.59. The number of rotatable bonds is 8. The SMILES string of the molecule is COc1cccc(COc2coc(C(=O)NC3CCN(Cc4ccccc4)CC3)cc2=O)c1. The van der Waals surface area contributed by atoms with Crippen molar-refractivity contribution in [3.8, 4) is 11.5 Å². The number of hydrogen-bond donors (Lipinski definition) is 1. The molecule has 7 heteroatoms. The molecule has 1 amide bonds. The standard InChI is InChI=1S/C26H28N2O5/c1-31-22-9-5-8-20(14-22)17-32-25-18-33-24(15-23(25)29)26(30)27-21-10-12-28(13-11-21)16-19-6-3-2-4-7-19/h2-9,14-15,18,21H,10-13,16-17H2,1H3,(H,27,30). The number of hydrogen-bond acceptors (Lipinski definition) is 6. The van der Waals surface area contributed by atoms with Gasteiger partial charge in [-0.2, -0.15) is 0 Å².